The number of ketones is 1. The number of esters is 1. The minimum Gasteiger partial charge on any atom is -0.466 e. The Morgan fingerprint density at radius 2 is 1.73 bits per heavy atom. The maximum absolute atomic E-state index is 14.2. The van der Waals surface area contributed by atoms with E-state index in [-0.39, 0.29) is 17.7 Å². The van der Waals surface area contributed by atoms with Gasteiger partial charge in [-0.25, -0.2) is 0 Å². The van der Waals surface area contributed by atoms with Crippen LogP contribution in [0.3, 0.4) is 0 Å². The first-order valence-corrected chi connectivity index (χ1v) is 15.8. The number of ether oxygens (including phenoxy) is 1. The molecule has 0 saturated heterocycles. The molecule has 0 saturated carbocycles. The number of rotatable bonds is 12. The lowest BCUT2D eigenvalue weighted by molar-refractivity contribution is -0.143. The third-order valence-electron chi connectivity index (χ3n) is 7.44. The van der Waals surface area contributed by atoms with Gasteiger partial charge in [-0.15, -0.1) is 21.5 Å². The number of hydrogen-bond acceptors (Lipinski definition) is 7. The maximum Gasteiger partial charge on any atom is 0.305 e. The number of benzene rings is 2. The first-order chi connectivity index (χ1) is 21.2. The summed E-state index contributed by atoms with van der Waals surface area (Å²) in [7, 11) is 1.66. The molecule has 44 heavy (non-hydrogen) atoms. The Morgan fingerprint density at radius 1 is 0.977 bits per heavy atom. The molecule has 0 radical (unpaired) electrons. The molecular formula is C33H34ClN5O4S. The second-order valence-electron chi connectivity index (χ2n) is 10.3. The van der Waals surface area contributed by atoms with Crippen LogP contribution >= 0.6 is 22.9 Å². The third-order valence-corrected chi connectivity index (χ3v) is 9.03. The number of hydrogen-bond donors (Lipinski definition) is 0. The number of unbranched alkanes of at least 4 members (excludes halogenated alkanes) is 1. The Hall–Kier alpha value is -4.28. The maximum atomic E-state index is 14.2. The van der Waals surface area contributed by atoms with Crippen LogP contribution in [0.1, 0.15) is 70.2 Å². The fourth-order valence-electron chi connectivity index (χ4n) is 5.19. The molecule has 0 aliphatic carbocycles. The second kappa shape index (κ2) is 13.6. The molecule has 0 unspecified atom stereocenters. The van der Waals surface area contributed by atoms with Gasteiger partial charge < -0.3 is 9.30 Å². The average Bonchev–Trinajstić information content (AvgIpc) is 3.73. The van der Waals surface area contributed by atoms with E-state index in [1.807, 2.05) is 47.9 Å². The van der Waals surface area contributed by atoms with Gasteiger partial charge in [0.25, 0.3) is 5.91 Å². The smallest absolute Gasteiger partial charge is 0.305 e. The van der Waals surface area contributed by atoms with Crippen molar-refractivity contribution in [1.82, 2.24) is 19.3 Å². The van der Waals surface area contributed by atoms with E-state index in [4.69, 9.17) is 16.3 Å². The summed E-state index contributed by atoms with van der Waals surface area (Å²) < 4.78 is 8.80. The summed E-state index contributed by atoms with van der Waals surface area (Å²) in [6.07, 6.45) is 2.39. The number of halogens is 1. The summed E-state index contributed by atoms with van der Waals surface area (Å²) in [6, 6.07) is 18.5. The molecule has 0 N–H and O–H groups in total. The van der Waals surface area contributed by atoms with Crippen LogP contribution in [-0.2, 0) is 22.5 Å². The van der Waals surface area contributed by atoms with Crippen LogP contribution in [-0.4, -0.2) is 50.6 Å². The van der Waals surface area contributed by atoms with Crippen molar-refractivity contribution in [2.45, 2.75) is 53.0 Å². The average molecular weight is 632 g/mol. The first kappa shape index (κ1) is 31.2. The van der Waals surface area contributed by atoms with E-state index in [0.717, 1.165) is 22.2 Å². The van der Waals surface area contributed by atoms with Gasteiger partial charge in [0, 0.05) is 41.4 Å². The van der Waals surface area contributed by atoms with E-state index < -0.39 is 0 Å². The molecule has 2 aromatic carbocycles. The van der Waals surface area contributed by atoms with Crippen LogP contribution in [0.15, 0.2) is 60.7 Å². The van der Waals surface area contributed by atoms with Crippen LogP contribution in [0.5, 0.6) is 0 Å². The molecule has 5 rings (SSSR count). The third kappa shape index (κ3) is 6.18. The van der Waals surface area contributed by atoms with Gasteiger partial charge in [-0.2, -0.15) is 0 Å². The highest BCUT2D eigenvalue weighted by Crippen LogP contribution is 2.34. The molecule has 5 aromatic rings. The van der Waals surface area contributed by atoms with Crippen molar-refractivity contribution in [1.29, 1.82) is 0 Å². The van der Waals surface area contributed by atoms with E-state index in [1.54, 1.807) is 49.7 Å². The highest BCUT2D eigenvalue weighted by Gasteiger charge is 2.28. The second-order valence-corrected chi connectivity index (χ2v) is 11.9. The fraction of sp³-hybridized carbons (Fsp3) is 0.303. The quantitative estimate of drug-likeness (QED) is 0.0831. The molecule has 1 amide bonds. The lowest BCUT2D eigenvalue weighted by Gasteiger charge is -2.19. The molecule has 0 aliphatic rings. The Balaban J connectivity index is 1.50. The zero-order chi connectivity index (χ0) is 31.4. The molecule has 3 aromatic heterocycles. The Labute approximate surface area is 265 Å². The highest BCUT2D eigenvalue weighted by molar-refractivity contribution is 7.15. The number of para-hydroxylation sites is 1. The topological polar surface area (TPSA) is 99.3 Å². The monoisotopic (exact) mass is 631 g/mol. The zero-order valence-corrected chi connectivity index (χ0v) is 26.7. The SMILES string of the molecule is CCOC(=O)CCCCn1c(C(=O)N(C)c2nnc(C)n2-c2sc(CC)cc2C(=O)c2ccccc2Cl)cc2ccccc21. The number of carbonyl (C=O) groups excluding carboxylic acids is 3. The van der Waals surface area contributed by atoms with E-state index in [0.29, 0.717) is 71.0 Å². The lowest BCUT2D eigenvalue weighted by Crippen LogP contribution is -2.31. The van der Waals surface area contributed by atoms with Crippen molar-refractivity contribution < 1.29 is 19.1 Å². The summed E-state index contributed by atoms with van der Waals surface area (Å²) in [4.78, 5) is 42.3. The number of aromatic nitrogens is 4. The van der Waals surface area contributed by atoms with Gasteiger partial charge in [0.2, 0.25) is 5.95 Å². The van der Waals surface area contributed by atoms with E-state index in [1.165, 1.54) is 16.2 Å². The van der Waals surface area contributed by atoms with Crippen LogP contribution in [0.2, 0.25) is 5.02 Å². The van der Waals surface area contributed by atoms with E-state index in [9.17, 15) is 14.4 Å². The number of carbonyl (C=O) groups is 3. The number of nitrogens with zero attached hydrogens (tertiary/aromatic N) is 5. The van der Waals surface area contributed by atoms with Crippen molar-refractivity contribution in [2.24, 2.45) is 0 Å². The van der Waals surface area contributed by atoms with Crippen LogP contribution in [0, 0.1) is 6.92 Å². The van der Waals surface area contributed by atoms with Gasteiger partial charge in [-0.3, -0.25) is 23.9 Å². The summed E-state index contributed by atoms with van der Waals surface area (Å²) in [5.74, 6) is 0.132. The normalized spacial score (nSPS) is 11.2. The van der Waals surface area contributed by atoms with Gasteiger partial charge >= 0.3 is 5.97 Å². The first-order valence-electron chi connectivity index (χ1n) is 14.6. The van der Waals surface area contributed by atoms with Crippen LogP contribution < -0.4 is 4.90 Å². The molecule has 9 nitrogen and oxygen atoms in total. The van der Waals surface area contributed by atoms with E-state index in [2.05, 4.69) is 10.2 Å². The molecule has 3 heterocycles. The summed E-state index contributed by atoms with van der Waals surface area (Å²) in [6.45, 7) is 6.52. The molecule has 228 valence electrons. The Morgan fingerprint density at radius 3 is 2.48 bits per heavy atom. The summed E-state index contributed by atoms with van der Waals surface area (Å²) >= 11 is 7.87. The number of anilines is 1. The summed E-state index contributed by atoms with van der Waals surface area (Å²) in [5.41, 5.74) is 2.29. The van der Waals surface area contributed by atoms with Gasteiger partial charge in [-0.1, -0.05) is 48.9 Å². The van der Waals surface area contributed by atoms with E-state index >= 15 is 0 Å². The number of thiophene rings is 1. The van der Waals surface area contributed by atoms with Crippen molar-refractivity contribution in [2.75, 3.05) is 18.6 Å². The molecule has 0 aliphatic heterocycles. The minimum absolute atomic E-state index is 0.211. The van der Waals surface area contributed by atoms with Gasteiger partial charge in [0.15, 0.2) is 5.78 Å². The predicted octanol–water partition coefficient (Wildman–Crippen LogP) is 7.05. The zero-order valence-electron chi connectivity index (χ0n) is 25.2. The Bertz CT molecular complexity index is 1840. The van der Waals surface area contributed by atoms with Crippen molar-refractivity contribution in [3.8, 4) is 5.00 Å². The molecular weight excluding hydrogens is 598 g/mol. The Kier molecular flexibility index (Phi) is 9.61. The van der Waals surface area contributed by atoms with Gasteiger partial charge in [-0.05, 0) is 63.4 Å². The molecule has 0 fully saturated rings. The largest absolute Gasteiger partial charge is 0.466 e. The molecule has 11 heteroatoms. The van der Waals surface area contributed by atoms with Crippen molar-refractivity contribution in [3.05, 3.63) is 93.2 Å². The molecule has 0 bridgehead atoms. The fourth-order valence-corrected chi connectivity index (χ4v) is 6.55. The highest BCUT2D eigenvalue weighted by atomic mass is 35.5. The van der Waals surface area contributed by atoms with Crippen LogP contribution in [0.25, 0.3) is 15.9 Å². The number of amides is 1. The van der Waals surface area contributed by atoms with Gasteiger partial charge in [0.05, 0.1) is 17.2 Å². The standard InChI is InChI=1S/C33H34ClN5O4S/c1-5-23-20-25(30(41)24-14-8-9-15-26(24)34)32(44-23)39-21(3)35-36-33(39)37(4)31(42)28-19-22-13-7-10-16-27(22)38(28)18-12-11-17-29(40)43-6-2/h7-10,13-16,19-20H,5-6,11-12,17-18H2,1-4H3. The minimum atomic E-state index is -0.272. The molecule has 0 spiro atoms. The van der Waals surface area contributed by atoms with Crippen molar-refractivity contribution >= 4 is 57.4 Å². The summed E-state index contributed by atoms with van der Waals surface area (Å²) in [5, 5.41) is 10.6. The predicted molar refractivity (Wildman–Crippen MR) is 173 cm³/mol. The molecule has 0 atom stereocenters. The van der Waals surface area contributed by atoms with Crippen molar-refractivity contribution in [3.63, 3.8) is 0 Å². The number of aryl methyl sites for hydroxylation is 3. The lowest BCUT2D eigenvalue weighted by atomic mass is 10.0. The van der Waals surface area contributed by atoms with Crippen LogP contribution in [0.4, 0.5) is 5.95 Å². The van der Waals surface area contributed by atoms with Gasteiger partial charge in [0.1, 0.15) is 16.5 Å². The number of fused-ring (bicyclic) bond motifs is 1.